The van der Waals surface area contributed by atoms with E-state index in [1.165, 1.54) is 28.6 Å². The molecule has 3 saturated heterocycles. The zero-order valence-corrected chi connectivity index (χ0v) is 25.4. The summed E-state index contributed by atoms with van der Waals surface area (Å²) in [5.41, 5.74) is 6.31. The van der Waals surface area contributed by atoms with Crippen molar-refractivity contribution in [2.45, 2.75) is 61.1 Å². The lowest BCUT2D eigenvalue weighted by Crippen LogP contribution is -2.56. The summed E-state index contributed by atoms with van der Waals surface area (Å²) in [6.45, 7) is 2.46. The van der Waals surface area contributed by atoms with Crippen molar-refractivity contribution in [2.75, 3.05) is 55.6 Å². The van der Waals surface area contributed by atoms with Crippen LogP contribution in [0, 0.1) is 5.92 Å². The summed E-state index contributed by atoms with van der Waals surface area (Å²) in [6, 6.07) is 8.82. The summed E-state index contributed by atoms with van der Waals surface area (Å²) in [6.07, 6.45) is 2.07. The van der Waals surface area contributed by atoms with Crippen LogP contribution >= 0.6 is 11.6 Å². The van der Waals surface area contributed by atoms with Crippen molar-refractivity contribution in [1.82, 2.24) is 14.2 Å². The number of amides is 1. The van der Waals surface area contributed by atoms with Crippen LogP contribution < -0.4 is 15.5 Å². The van der Waals surface area contributed by atoms with E-state index in [1.807, 2.05) is 0 Å². The van der Waals surface area contributed by atoms with Crippen LogP contribution in [0.25, 0.3) is 0 Å². The Morgan fingerprint density at radius 3 is 2.21 bits per heavy atom. The molecule has 43 heavy (non-hydrogen) atoms. The SMILES string of the molecule is N[C@@H]1CC(=O)N(c2ccc(S(=O)(=O)N3CCN(c4cc(C(F)(F)C5CCC(N6CC(O)C6)CC5)cc(Cl)n4)CC3)cc2)C1. The normalized spacial score (nSPS) is 26.6. The molecule has 2 aromatic rings. The largest absolute Gasteiger partial charge is 0.390 e. The average molecular weight is 639 g/mol. The molecule has 4 heterocycles. The predicted molar refractivity (Wildman–Crippen MR) is 159 cm³/mol. The Morgan fingerprint density at radius 2 is 1.63 bits per heavy atom. The number of carbonyl (C=O) groups is 1. The van der Waals surface area contributed by atoms with Crippen molar-refractivity contribution < 1.29 is 27.1 Å². The number of likely N-dealkylation sites (tertiary alicyclic amines) is 1. The minimum Gasteiger partial charge on any atom is -0.390 e. The lowest BCUT2D eigenvalue weighted by Gasteiger charge is -2.45. The van der Waals surface area contributed by atoms with E-state index in [0.717, 1.165) is 0 Å². The standard InChI is InChI=1S/C29H37ClF2N6O4S/c30-26-13-20(29(31,32)19-1-3-22(4-2-19)36-17-24(39)18-36)14-27(34-26)35-9-11-37(12-10-35)43(41,42)25-7-5-23(6-8-25)38-16-21(33)15-28(38)40/h5-8,13-14,19,21-22,24,39H,1-4,9-12,15-18,33H2/t19?,21-,22?/m1/s1. The second-order valence-corrected chi connectivity index (χ2v) is 14.5. The summed E-state index contributed by atoms with van der Waals surface area (Å²) in [7, 11) is -3.80. The quantitative estimate of drug-likeness (QED) is 0.444. The van der Waals surface area contributed by atoms with Crippen LogP contribution in [-0.4, -0.2) is 97.6 Å². The number of hydrogen-bond acceptors (Lipinski definition) is 8. The maximum atomic E-state index is 15.8. The first-order valence-electron chi connectivity index (χ1n) is 14.8. The highest BCUT2D eigenvalue weighted by molar-refractivity contribution is 7.89. The number of β-amino-alcohol motifs (C(OH)–C–C–N with tert-alkyl or cyclic N) is 1. The number of nitrogens with two attached hydrogens (primary N) is 1. The molecule has 234 valence electrons. The van der Waals surface area contributed by atoms with Crippen LogP contribution in [0.4, 0.5) is 20.3 Å². The number of carbonyl (C=O) groups excluding carboxylic acids is 1. The number of halogens is 3. The third-order valence-electron chi connectivity index (χ3n) is 9.29. The lowest BCUT2D eigenvalue weighted by molar-refractivity contribution is -0.117. The Kier molecular flexibility index (Phi) is 8.42. The number of nitrogens with zero attached hydrogens (tertiary/aromatic N) is 5. The molecule has 6 rings (SSSR count). The topological polar surface area (TPSA) is 123 Å². The van der Waals surface area contributed by atoms with Gasteiger partial charge in [-0.25, -0.2) is 22.2 Å². The number of aliphatic hydroxyl groups excluding tert-OH is 1. The van der Waals surface area contributed by atoms with Gasteiger partial charge in [0.05, 0.1) is 11.0 Å². The summed E-state index contributed by atoms with van der Waals surface area (Å²) < 4.78 is 59.6. The molecule has 3 aliphatic heterocycles. The van der Waals surface area contributed by atoms with Gasteiger partial charge < -0.3 is 20.6 Å². The molecule has 1 saturated carbocycles. The van der Waals surface area contributed by atoms with Gasteiger partial charge in [0.25, 0.3) is 5.92 Å². The van der Waals surface area contributed by atoms with Crippen molar-refractivity contribution in [3.05, 3.63) is 47.1 Å². The molecule has 1 aromatic heterocycles. The molecule has 1 atom stereocenters. The Labute approximate surface area is 255 Å². The predicted octanol–water partition coefficient (Wildman–Crippen LogP) is 2.64. The second-order valence-electron chi connectivity index (χ2n) is 12.1. The molecule has 4 aliphatic rings. The van der Waals surface area contributed by atoms with E-state index < -0.39 is 21.9 Å². The molecule has 10 nitrogen and oxygen atoms in total. The monoisotopic (exact) mass is 638 g/mol. The van der Waals surface area contributed by atoms with Crippen molar-refractivity contribution in [1.29, 1.82) is 0 Å². The van der Waals surface area contributed by atoms with Gasteiger partial charge in [-0.05, 0) is 62.1 Å². The molecule has 3 N–H and O–H groups in total. The molecule has 0 radical (unpaired) electrons. The number of aliphatic hydroxyl groups is 1. The number of piperazine rings is 1. The molecular weight excluding hydrogens is 602 g/mol. The number of rotatable bonds is 7. The number of aromatic nitrogens is 1. The maximum Gasteiger partial charge on any atom is 0.276 e. The summed E-state index contributed by atoms with van der Waals surface area (Å²) in [4.78, 5) is 22.1. The third-order valence-corrected chi connectivity index (χ3v) is 11.4. The summed E-state index contributed by atoms with van der Waals surface area (Å²) in [5.74, 6) is -3.68. The first kappa shape index (κ1) is 30.6. The van der Waals surface area contributed by atoms with Crippen LogP contribution in [0.1, 0.15) is 37.7 Å². The third kappa shape index (κ3) is 6.12. The lowest BCUT2D eigenvalue weighted by atomic mass is 9.79. The number of anilines is 2. The Hall–Kier alpha value is -2.42. The smallest absolute Gasteiger partial charge is 0.276 e. The van der Waals surface area contributed by atoms with E-state index in [9.17, 15) is 18.3 Å². The first-order chi connectivity index (χ1) is 20.4. The highest BCUT2D eigenvalue weighted by Crippen LogP contribution is 2.46. The van der Waals surface area contributed by atoms with E-state index >= 15 is 8.78 Å². The minimum atomic E-state index is -3.80. The van der Waals surface area contributed by atoms with E-state index in [4.69, 9.17) is 17.3 Å². The van der Waals surface area contributed by atoms with Crippen molar-refractivity contribution in [2.24, 2.45) is 11.7 Å². The molecule has 1 aromatic carbocycles. The van der Waals surface area contributed by atoms with Gasteiger partial charge in [-0.3, -0.25) is 9.69 Å². The van der Waals surface area contributed by atoms with E-state index in [-0.39, 0.29) is 72.3 Å². The van der Waals surface area contributed by atoms with Crippen molar-refractivity contribution >= 4 is 39.0 Å². The average Bonchev–Trinajstić information content (AvgIpc) is 3.32. The fourth-order valence-electron chi connectivity index (χ4n) is 6.75. The van der Waals surface area contributed by atoms with E-state index in [2.05, 4.69) is 9.88 Å². The zero-order valence-electron chi connectivity index (χ0n) is 23.8. The summed E-state index contributed by atoms with van der Waals surface area (Å²) in [5, 5.41) is 9.55. The maximum absolute atomic E-state index is 15.8. The molecule has 0 unspecified atom stereocenters. The Bertz CT molecular complexity index is 1440. The fourth-order valence-corrected chi connectivity index (χ4v) is 8.38. The van der Waals surface area contributed by atoms with Gasteiger partial charge in [0.15, 0.2) is 0 Å². The Morgan fingerprint density at radius 1 is 0.977 bits per heavy atom. The summed E-state index contributed by atoms with van der Waals surface area (Å²) >= 11 is 6.24. The van der Waals surface area contributed by atoms with E-state index in [0.29, 0.717) is 56.8 Å². The van der Waals surface area contributed by atoms with Crippen LogP contribution in [0.15, 0.2) is 41.3 Å². The van der Waals surface area contributed by atoms with Gasteiger partial charge in [-0.2, -0.15) is 4.31 Å². The number of hydrogen-bond donors (Lipinski definition) is 2. The zero-order chi connectivity index (χ0) is 30.5. The fraction of sp³-hybridized carbons (Fsp3) is 0.586. The molecular formula is C29H37ClF2N6O4S. The Balaban J connectivity index is 1.09. The van der Waals surface area contributed by atoms with Gasteiger partial charge in [-0.15, -0.1) is 0 Å². The first-order valence-corrected chi connectivity index (χ1v) is 16.6. The van der Waals surface area contributed by atoms with Gasteiger partial charge in [0, 0.05) is 81.5 Å². The highest BCUT2D eigenvalue weighted by atomic mass is 35.5. The number of sulfonamides is 1. The molecule has 0 spiro atoms. The number of alkyl halides is 2. The van der Waals surface area contributed by atoms with Crippen molar-refractivity contribution in [3.63, 3.8) is 0 Å². The second kappa shape index (κ2) is 11.8. The minimum absolute atomic E-state index is 0.0250. The molecule has 14 heteroatoms. The van der Waals surface area contributed by atoms with Gasteiger partial charge >= 0.3 is 0 Å². The van der Waals surface area contributed by atoms with Crippen LogP contribution in [-0.2, 0) is 20.7 Å². The number of pyridine rings is 1. The van der Waals surface area contributed by atoms with Gasteiger partial charge in [0.2, 0.25) is 15.9 Å². The van der Waals surface area contributed by atoms with Gasteiger partial charge in [0.1, 0.15) is 11.0 Å². The van der Waals surface area contributed by atoms with Crippen LogP contribution in [0.3, 0.4) is 0 Å². The molecule has 0 bridgehead atoms. The number of benzene rings is 1. The molecule has 4 fully saturated rings. The van der Waals surface area contributed by atoms with E-state index in [1.54, 1.807) is 21.9 Å². The molecule has 1 amide bonds. The van der Waals surface area contributed by atoms with Gasteiger partial charge in [-0.1, -0.05) is 11.6 Å². The highest BCUT2D eigenvalue weighted by Gasteiger charge is 2.45. The van der Waals surface area contributed by atoms with Crippen molar-refractivity contribution in [3.8, 4) is 0 Å². The van der Waals surface area contributed by atoms with Crippen LogP contribution in [0.2, 0.25) is 5.15 Å². The molecule has 1 aliphatic carbocycles. The van der Waals surface area contributed by atoms with Crippen LogP contribution in [0.5, 0.6) is 0 Å².